The molecule has 1 heterocycles. The Morgan fingerprint density at radius 2 is 1.95 bits per heavy atom. The fourth-order valence-electron chi connectivity index (χ4n) is 1.82. The molecule has 3 nitrogen and oxygen atoms in total. The average Bonchev–Trinajstić information content (AvgIpc) is 2.39. The molecule has 0 spiro atoms. The van der Waals surface area contributed by atoms with E-state index < -0.39 is 9.84 Å². The van der Waals surface area contributed by atoms with Crippen LogP contribution in [-0.2, 0) is 9.84 Å². The molecule has 0 atom stereocenters. The van der Waals surface area contributed by atoms with E-state index >= 15 is 0 Å². The lowest BCUT2D eigenvalue weighted by molar-refractivity contribution is 0.597. The first-order chi connectivity index (χ1) is 8.95. The molecule has 19 heavy (non-hydrogen) atoms. The molecule has 100 valence electrons. The summed E-state index contributed by atoms with van der Waals surface area (Å²) in [5, 5.41) is 0.457. The van der Waals surface area contributed by atoms with E-state index in [1.54, 1.807) is 43.5 Å². The summed E-state index contributed by atoms with van der Waals surface area (Å²) in [6.45, 7) is 3.51. The van der Waals surface area contributed by atoms with Crippen LogP contribution in [0, 0.1) is 6.92 Å². The van der Waals surface area contributed by atoms with Gasteiger partial charge in [-0.2, -0.15) is 0 Å². The Balaban J connectivity index is 2.70. The van der Waals surface area contributed by atoms with Gasteiger partial charge in [0.2, 0.25) is 0 Å². The van der Waals surface area contributed by atoms with Crippen LogP contribution in [-0.4, -0.2) is 19.2 Å². The number of hydrogen-bond acceptors (Lipinski definition) is 3. The first-order valence-corrected chi connectivity index (χ1v) is 7.93. The number of nitrogens with zero attached hydrogens (tertiary/aromatic N) is 1. The van der Waals surface area contributed by atoms with Gasteiger partial charge in [0, 0.05) is 11.8 Å². The Kier molecular flexibility index (Phi) is 3.92. The minimum atomic E-state index is -3.30. The van der Waals surface area contributed by atoms with Gasteiger partial charge in [0.05, 0.1) is 21.4 Å². The normalized spacial score (nSPS) is 11.5. The SMILES string of the molecule is CCS(=O)(=O)c1ccccc1-c1ncc(C)cc1Cl. The van der Waals surface area contributed by atoms with Crippen molar-refractivity contribution >= 4 is 21.4 Å². The van der Waals surface area contributed by atoms with Gasteiger partial charge in [-0.15, -0.1) is 0 Å². The average molecular weight is 296 g/mol. The molecule has 1 aromatic carbocycles. The van der Waals surface area contributed by atoms with Crippen molar-refractivity contribution in [2.45, 2.75) is 18.7 Å². The van der Waals surface area contributed by atoms with Gasteiger partial charge in [-0.3, -0.25) is 4.98 Å². The van der Waals surface area contributed by atoms with E-state index in [0.29, 0.717) is 16.3 Å². The molecule has 0 bridgehead atoms. The summed E-state index contributed by atoms with van der Waals surface area (Å²) >= 11 is 6.17. The van der Waals surface area contributed by atoms with E-state index in [-0.39, 0.29) is 10.6 Å². The number of rotatable bonds is 3. The highest BCUT2D eigenvalue weighted by atomic mass is 35.5. The predicted molar refractivity (Wildman–Crippen MR) is 77.1 cm³/mol. The van der Waals surface area contributed by atoms with Crippen molar-refractivity contribution in [1.82, 2.24) is 4.98 Å². The number of halogens is 1. The van der Waals surface area contributed by atoms with Crippen molar-refractivity contribution in [1.29, 1.82) is 0 Å². The molecule has 0 aliphatic heterocycles. The smallest absolute Gasteiger partial charge is 0.178 e. The van der Waals surface area contributed by atoms with Crippen LogP contribution in [0.5, 0.6) is 0 Å². The summed E-state index contributed by atoms with van der Waals surface area (Å²) in [6.07, 6.45) is 1.68. The summed E-state index contributed by atoms with van der Waals surface area (Å²) in [6, 6.07) is 8.58. The summed E-state index contributed by atoms with van der Waals surface area (Å²) in [5.41, 5.74) is 1.99. The standard InChI is InChI=1S/C14H14ClNO2S/c1-3-19(17,18)13-7-5-4-6-11(13)14-12(15)8-10(2)9-16-14/h4-9H,3H2,1-2H3. The largest absolute Gasteiger partial charge is 0.254 e. The first-order valence-electron chi connectivity index (χ1n) is 5.90. The number of benzene rings is 1. The molecule has 0 unspecified atom stereocenters. The minimum Gasteiger partial charge on any atom is -0.254 e. The zero-order chi connectivity index (χ0) is 14.0. The molecule has 0 saturated heterocycles. The van der Waals surface area contributed by atoms with Crippen LogP contribution >= 0.6 is 11.6 Å². The summed E-state index contributed by atoms with van der Waals surface area (Å²) in [4.78, 5) is 4.53. The lowest BCUT2D eigenvalue weighted by Crippen LogP contribution is -2.06. The molecule has 5 heteroatoms. The van der Waals surface area contributed by atoms with E-state index in [1.165, 1.54) is 0 Å². The Bertz CT molecular complexity index is 711. The fourth-order valence-corrected chi connectivity index (χ4v) is 3.24. The molecule has 0 N–H and O–H groups in total. The Morgan fingerprint density at radius 3 is 2.58 bits per heavy atom. The summed E-state index contributed by atoms with van der Waals surface area (Å²) < 4.78 is 24.2. The van der Waals surface area contributed by atoms with Crippen LogP contribution in [0.1, 0.15) is 12.5 Å². The minimum absolute atomic E-state index is 0.0491. The van der Waals surface area contributed by atoms with E-state index in [4.69, 9.17) is 11.6 Å². The number of aromatic nitrogens is 1. The maximum Gasteiger partial charge on any atom is 0.178 e. The third-order valence-electron chi connectivity index (χ3n) is 2.84. The quantitative estimate of drug-likeness (QED) is 0.870. The van der Waals surface area contributed by atoms with Crippen molar-refractivity contribution in [3.63, 3.8) is 0 Å². The number of hydrogen-bond donors (Lipinski definition) is 0. The topological polar surface area (TPSA) is 47.0 Å². The molecule has 0 radical (unpaired) electrons. The highest BCUT2D eigenvalue weighted by Gasteiger charge is 2.19. The van der Waals surface area contributed by atoms with Crippen LogP contribution in [0.15, 0.2) is 41.4 Å². The third-order valence-corrected chi connectivity index (χ3v) is 4.91. The van der Waals surface area contributed by atoms with Gasteiger partial charge < -0.3 is 0 Å². The molecule has 0 saturated carbocycles. The molecule has 2 rings (SSSR count). The lowest BCUT2D eigenvalue weighted by Gasteiger charge is -2.10. The zero-order valence-electron chi connectivity index (χ0n) is 10.7. The zero-order valence-corrected chi connectivity index (χ0v) is 12.3. The second-order valence-corrected chi connectivity index (χ2v) is 6.90. The second-order valence-electron chi connectivity index (χ2n) is 4.24. The first kappa shape index (κ1) is 14.0. The Labute approximate surface area is 118 Å². The van der Waals surface area contributed by atoms with Crippen molar-refractivity contribution in [3.05, 3.63) is 47.1 Å². The van der Waals surface area contributed by atoms with Gasteiger partial charge >= 0.3 is 0 Å². The van der Waals surface area contributed by atoms with Crippen molar-refractivity contribution < 1.29 is 8.42 Å². The molecule has 0 aliphatic rings. The van der Waals surface area contributed by atoms with E-state index in [0.717, 1.165) is 5.56 Å². The molecular formula is C14H14ClNO2S. The van der Waals surface area contributed by atoms with Crippen LogP contribution in [0.2, 0.25) is 5.02 Å². The molecule has 1 aromatic heterocycles. The van der Waals surface area contributed by atoms with Gasteiger partial charge in [-0.1, -0.05) is 36.7 Å². The number of pyridine rings is 1. The van der Waals surface area contributed by atoms with E-state index in [1.807, 2.05) is 6.92 Å². The van der Waals surface area contributed by atoms with Crippen molar-refractivity contribution in [2.24, 2.45) is 0 Å². The van der Waals surface area contributed by atoms with Crippen molar-refractivity contribution in [3.8, 4) is 11.3 Å². The maximum absolute atomic E-state index is 12.1. The van der Waals surface area contributed by atoms with Gasteiger partial charge in [-0.05, 0) is 24.6 Å². The molecule has 0 amide bonds. The highest BCUT2D eigenvalue weighted by molar-refractivity contribution is 7.91. The number of sulfone groups is 1. The third kappa shape index (κ3) is 2.80. The maximum atomic E-state index is 12.1. The van der Waals surface area contributed by atoms with Gasteiger partial charge in [0.1, 0.15) is 0 Å². The molecule has 2 aromatic rings. The Hall–Kier alpha value is -1.39. The van der Waals surface area contributed by atoms with Gasteiger partial charge in [0.15, 0.2) is 9.84 Å². The van der Waals surface area contributed by atoms with Crippen LogP contribution < -0.4 is 0 Å². The Morgan fingerprint density at radius 1 is 1.26 bits per heavy atom. The van der Waals surface area contributed by atoms with Crippen LogP contribution in [0.25, 0.3) is 11.3 Å². The van der Waals surface area contributed by atoms with E-state index in [2.05, 4.69) is 4.98 Å². The van der Waals surface area contributed by atoms with Crippen LogP contribution in [0.3, 0.4) is 0 Å². The summed E-state index contributed by atoms with van der Waals surface area (Å²) in [7, 11) is -3.30. The second kappa shape index (κ2) is 5.31. The molecule has 0 fully saturated rings. The molecule has 0 aliphatic carbocycles. The van der Waals surface area contributed by atoms with E-state index in [9.17, 15) is 8.42 Å². The lowest BCUT2D eigenvalue weighted by atomic mass is 10.1. The number of aryl methyl sites for hydroxylation is 1. The molecular weight excluding hydrogens is 282 g/mol. The van der Waals surface area contributed by atoms with Crippen molar-refractivity contribution in [2.75, 3.05) is 5.75 Å². The highest BCUT2D eigenvalue weighted by Crippen LogP contribution is 2.31. The van der Waals surface area contributed by atoms with Gasteiger partial charge in [0.25, 0.3) is 0 Å². The monoisotopic (exact) mass is 295 g/mol. The predicted octanol–water partition coefficient (Wildman–Crippen LogP) is 3.50. The fraction of sp³-hybridized carbons (Fsp3) is 0.214. The van der Waals surface area contributed by atoms with Crippen LogP contribution in [0.4, 0.5) is 0 Å². The summed E-state index contributed by atoms with van der Waals surface area (Å²) in [5.74, 6) is 0.0491. The van der Waals surface area contributed by atoms with Gasteiger partial charge in [-0.25, -0.2) is 8.42 Å².